The maximum Gasteiger partial charge on any atom is 0.253 e. The molecule has 1 unspecified atom stereocenters. The van der Waals surface area contributed by atoms with Crippen LogP contribution in [0.15, 0.2) is 30.3 Å². The molecule has 1 atom stereocenters. The van der Waals surface area contributed by atoms with Crippen LogP contribution in [0.5, 0.6) is 0 Å². The molecule has 0 aromatic heterocycles. The summed E-state index contributed by atoms with van der Waals surface area (Å²) < 4.78 is 10.2. The molecule has 1 aromatic rings. The van der Waals surface area contributed by atoms with Crippen molar-refractivity contribution in [3.63, 3.8) is 0 Å². The van der Waals surface area contributed by atoms with Crippen LogP contribution < -0.4 is 0 Å². The van der Waals surface area contributed by atoms with E-state index in [1.807, 2.05) is 35.2 Å². The number of benzene rings is 1. The van der Waals surface area contributed by atoms with Gasteiger partial charge in [-0.15, -0.1) is 0 Å². The quantitative estimate of drug-likeness (QED) is 0.705. The van der Waals surface area contributed by atoms with Crippen LogP contribution in [0.4, 0.5) is 0 Å². The topological polar surface area (TPSA) is 62.2 Å². The average Bonchev–Trinajstić information content (AvgIpc) is 2.59. The first-order chi connectivity index (χ1) is 11.2. The van der Waals surface area contributed by atoms with E-state index >= 15 is 0 Å². The SMILES string of the molecule is COCCOCC(O)CN1CCN(C(=O)c2ccccc2)CC1. The number of ether oxygens (including phenoxy) is 2. The molecule has 0 aliphatic carbocycles. The van der Waals surface area contributed by atoms with E-state index < -0.39 is 6.10 Å². The number of carbonyl (C=O) groups is 1. The third kappa shape index (κ3) is 5.91. The molecule has 1 aliphatic rings. The van der Waals surface area contributed by atoms with Gasteiger partial charge >= 0.3 is 0 Å². The Balaban J connectivity index is 1.68. The molecule has 2 rings (SSSR count). The molecule has 1 heterocycles. The van der Waals surface area contributed by atoms with Gasteiger partial charge in [0.05, 0.1) is 25.9 Å². The molecule has 1 fully saturated rings. The zero-order valence-corrected chi connectivity index (χ0v) is 13.7. The molecule has 128 valence electrons. The third-order valence-corrected chi connectivity index (χ3v) is 3.89. The van der Waals surface area contributed by atoms with Gasteiger partial charge in [0, 0.05) is 45.4 Å². The molecule has 0 radical (unpaired) electrons. The smallest absolute Gasteiger partial charge is 0.253 e. The van der Waals surface area contributed by atoms with Crippen LogP contribution in [0.3, 0.4) is 0 Å². The predicted octanol–water partition coefficient (Wildman–Crippen LogP) is 0.468. The van der Waals surface area contributed by atoms with Crippen LogP contribution in [0.25, 0.3) is 0 Å². The fraction of sp³-hybridized carbons (Fsp3) is 0.588. The van der Waals surface area contributed by atoms with Crippen molar-refractivity contribution in [3.8, 4) is 0 Å². The highest BCUT2D eigenvalue weighted by Crippen LogP contribution is 2.09. The molecule has 1 aromatic carbocycles. The second-order valence-electron chi connectivity index (χ2n) is 5.68. The molecule has 0 spiro atoms. The number of methoxy groups -OCH3 is 1. The fourth-order valence-corrected chi connectivity index (χ4v) is 2.61. The highest BCUT2D eigenvalue weighted by molar-refractivity contribution is 5.94. The number of carbonyl (C=O) groups excluding carboxylic acids is 1. The first-order valence-corrected chi connectivity index (χ1v) is 8.02. The van der Waals surface area contributed by atoms with Gasteiger partial charge in [-0.2, -0.15) is 0 Å². The van der Waals surface area contributed by atoms with E-state index in [2.05, 4.69) is 4.90 Å². The largest absolute Gasteiger partial charge is 0.389 e. The number of β-amino-alcohol motifs (C(OH)–C–C–N with tert-alkyl or cyclic N) is 1. The summed E-state index contributed by atoms with van der Waals surface area (Å²) >= 11 is 0. The standard InChI is InChI=1S/C17H26N2O4/c1-22-11-12-23-14-16(20)13-18-7-9-19(10-8-18)17(21)15-5-3-2-4-6-15/h2-6,16,20H,7-14H2,1H3. The molecule has 1 aliphatic heterocycles. The molecule has 0 bridgehead atoms. The van der Waals surface area contributed by atoms with E-state index in [4.69, 9.17) is 9.47 Å². The number of piperazine rings is 1. The summed E-state index contributed by atoms with van der Waals surface area (Å²) in [5.41, 5.74) is 0.729. The van der Waals surface area contributed by atoms with Gasteiger partial charge in [0.25, 0.3) is 5.91 Å². The number of hydrogen-bond acceptors (Lipinski definition) is 5. The summed E-state index contributed by atoms with van der Waals surface area (Å²) in [5.74, 6) is 0.0775. The lowest BCUT2D eigenvalue weighted by atomic mass is 10.2. The molecule has 6 nitrogen and oxygen atoms in total. The Morgan fingerprint density at radius 2 is 1.87 bits per heavy atom. The van der Waals surface area contributed by atoms with Gasteiger partial charge < -0.3 is 19.5 Å². The summed E-state index contributed by atoms with van der Waals surface area (Å²) in [4.78, 5) is 16.4. The molecule has 6 heteroatoms. The van der Waals surface area contributed by atoms with Crippen LogP contribution in [0, 0.1) is 0 Å². The van der Waals surface area contributed by atoms with Crippen molar-refractivity contribution in [2.45, 2.75) is 6.10 Å². The van der Waals surface area contributed by atoms with Crippen LogP contribution >= 0.6 is 0 Å². The second kappa shape index (κ2) is 9.62. The summed E-state index contributed by atoms with van der Waals surface area (Å²) in [6, 6.07) is 9.35. The van der Waals surface area contributed by atoms with Crippen molar-refractivity contribution in [1.29, 1.82) is 0 Å². The zero-order valence-electron chi connectivity index (χ0n) is 13.7. The van der Waals surface area contributed by atoms with E-state index in [0.717, 1.165) is 18.7 Å². The second-order valence-corrected chi connectivity index (χ2v) is 5.68. The number of nitrogens with zero attached hydrogens (tertiary/aromatic N) is 2. The lowest BCUT2D eigenvalue weighted by Gasteiger charge is -2.35. The zero-order chi connectivity index (χ0) is 16.5. The molecule has 1 N–H and O–H groups in total. The van der Waals surface area contributed by atoms with Gasteiger partial charge in [0.2, 0.25) is 0 Å². The van der Waals surface area contributed by atoms with E-state index in [1.54, 1.807) is 7.11 Å². The normalized spacial score (nSPS) is 17.2. The fourth-order valence-electron chi connectivity index (χ4n) is 2.61. The molecular weight excluding hydrogens is 296 g/mol. The summed E-state index contributed by atoms with van der Waals surface area (Å²) in [6.45, 7) is 4.82. The third-order valence-electron chi connectivity index (χ3n) is 3.89. The lowest BCUT2D eigenvalue weighted by molar-refractivity contribution is -0.00617. The predicted molar refractivity (Wildman–Crippen MR) is 87.5 cm³/mol. The average molecular weight is 322 g/mol. The number of rotatable bonds is 8. The van der Waals surface area contributed by atoms with E-state index in [-0.39, 0.29) is 5.91 Å². The van der Waals surface area contributed by atoms with Gasteiger partial charge in [-0.3, -0.25) is 9.69 Å². The number of aliphatic hydroxyl groups excluding tert-OH is 1. The van der Waals surface area contributed by atoms with Gasteiger partial charge in [-0.05, 0) is 12.1 Å². The Morgan fingerprint density at radius 3 is 2.52 bits per heavy atom. The summed E-state index contributed by atoms with van der Waals surface area (Å²) in [5, 5.41) is 9.97. The van der Waals surface area contributed by atoms with Crippen molar-refractivity contribution >= 4 is 5.91 Å². The molecular formula is C17H26N2O4. The van der Waals surface area contributed by atoms with Crippen molar-refractivity contribution < 1.29 is 19.4 Å². The van der Waals surface area contributed by atoms with Gasteiger partial charge in [0.15, 0.2) is 0 Å². The Kier molecular flexibility index (Phi) is 7.48. The van der Waals surface area contributed by atoms with Crippen molar-refractivity contribution in [1.82, 2.24) is 9.80 Å². The molecule has 1 amide bonds. The van der Waals surface area contributed by atoms with E-state index in [1.165, 1.54) is 0 Å². The van der Waals surface area contributed by atoms with Crippen LogP contribution in [-0.4, -0.2) is 86.6 Å². The number of amides is 1. The minimum Gasteiger partial charge on any atom is -0.389 e. The Hall–Kier alpha value is -1.47. The van der Waals surface area contributed by atoms with Crippen LogP contribution in [-0.2, 0) is 9.47 Å². The molecule has 23 heavy (non-hydrogen) atoms. The molecule has 1 saturated heterocycles. The van der Waals surface area contributed by atoms with Crippen molar-refractivity contribution in [2.24, 2.45) is 0 Å². The van der Waals surface area contributed by atoms with Gasteiger partial charge in [-0.25, -0.2) is 0 Å². The monoisotopic (exact) mass is 322 g/mol. The first-order valence-electron chi connectivity index (χ1n) is 8.02. The Morgan fingerprint density at radius 1 is 1.17 bits per heavy atom. The minimum atomic E-state index is -0.511. The van der Waals surface area contributed by atoms with Crippen LogP contribution in [0.2, 0.25) is 0 Å². The van der Waals surface area contributed by atoms with Gasteiger partial charge in [0.1, 0.15) is 0 Å². The number of hydrogen-bond donors (Lipinski definition) is 1. The molecule has 0 saturated carbocycles. The van der Waals surface area contributed by atoms with Crippen molar-refractivity contribution in [2.75, 3.05) is 59.7 Å². The highest BCUT2D eigenvalue weighted by atomic mass is 16.5. The van der Waals surface area contributed by atoms with Crippen LogP contribution in [0.1, 0.15) is 10.4 Å². The first kappa shape index (κ1) is 17.9. The number of aliphatic hydroxyl groups is 1. The van der Waals surface area contributed by atoms with E-state index in [9.17, 15) is 9.90 Å². The maximum absolute atomic E-state index is 12.4. The minimum absolute atomic E-state index is 0.0775. The van der Waals surface area contributed by atoms with Gasteiger partial charge in [-0.1, -0.05) is 18.2 Å². The summed E-state index contributed by atoms with van der Waals surface area (Å²) in [7, 11) is 1.62. The van der Waals surface area contributed by atoms with E-state index in [0.29, 0.717) is 39.5 Å². The maximum atomic E-state index is 12.4. The Labute approximate surface area is 137 Å². The highest BCUT2D eigenvalue weighted by Gasteiger charge is 2.23. The van der Waals surface area contributed by atoms with Crippen molar-refractivity contribution in [3.05, 3.63) is 35.9 Å². The Bertz CT molecular complexity index is 461. The summed E-state index contributed by atoms with van der Waals surface area (Å²) in [6.07, 6.45) is -0.511. The lowest BCUT2D eigenvalue weighted by Crippen LogP contribution is -2.50.